The van der Waals surface area contributed by atoms with E-state index in [2.05, 4.69) is 10.5 Å². The third-order valence-corrected chi connectivity index (χ3v) is 3.70. The Bertz CT molecular complexity index is 928. The van der Waals surface area contributed by atoms with Gasteiger partial charge in [0, 0.05) is 6.07 Å². The Balaban J connectivity index is 1.42. The van der Waals surface area contributed by atoms with Crippen LogP contribution in [0.2, 0.25) is 0 Å². The maximum atomic E-state index is 13.0. The van der Waals surface area contributed by atoms with Gasteiger partial charge < -0.3 is 9.47 Å². The predicted molar refractivity (Wildman–Crippen MR) is 105 cm³/mol. The predicted octanol–water partition coefficient (Wildman–Crippen LogP) is 3.93. The molecule has 1 N–H and O–H groups in total. The van der Waals surface area contributed by atoms with E-state index in [0.717, 1.165) is 16.9 Å². The summed E-state index contributed by atoms with van der Waals surface area (Å²) in [5.74, 6) is 0.161. The van der Waals surface area contributed by atoms with E-state index in [0.29, 0.717) is 6.61 Å². The van der Waals surface area contributed by atoms with Crippen molar-refractivity contribution in [1.29, 1.82) is 0 Å². The van der Waals surface area contributed by atoms with E-state index in [-0.39, 0.29) is 12.4 Å². The van der Waals surface area contributed by atoms with Gasteiger partial charge in [0.25, 0.3) is 5.91 Å². The Kier molecular flexibility index (Phi) is 6.73. The maximum Gasteiger partial charge on any atom is 0.277 e. The van der Waals surface area contributed by atoms with Gasteiger partial charge in [0.1, 0.15) is 23.9 Å². The van der Waals surface area contributed by atoms with E-state index < -0.39 is 11.7 Å². The molecule has 0 unspecified atom stereocenters. The summed E-state index contributed by atoms with van der Waals surface area (Å²) in [7, 11) is 0. The van der Waals surface area contributed by atoms with Gasteiger partial charge in [-0.05, 0) is 47.5 Å². The van der Waals surface area contributed by atoms with Crippen molar-refractivity contribution in [2.45, 2.75) is 6.61 Å². The first kappa shape index (κ1) is 19.1. The first-order valence-electron chi connectivity index (χ1n) is 8.66. The van der Waals surface area contributed by atoms with Crippen LogP contribution >= 0.6 is 0 Å². The Hall–Kier alpha value is -3.67. The van der Waals surface area contributed by atoms with Crippen LogP contribution in [0.1, 0.15) is 11.1 Å². The topological polar surface area (TPSA) is 59.9 Å². The zero-order valence-corrected chi connectivity index (χ0v) is 15.0. The molecule has 3 aromatic rings. The van der Waals surface area contributed by atoms with Gasteiger partial charge in [0.15, 0.2) is 6.61 Å². The first-order valence-corrected chi connectivity index (χ1v) is 8.66. The van der Waals surface area contributed by atoms with Crippen molar-refractivity contribution in [2.24, 2.45) is 5.10 Å². The number of nitrogens with zero attached hydrogens (tertiary/aromatic N) is 1. The molecule has 0 atom stereocenters. The molecule has 0 saturated carbocycles. The van der Waals surface area contributed by atoms with Gasteiger partial charge in [-0.1, -0.05) is 36.4 Å². The van der Waals surface area contributed by atoms with E-state index in [1.807, 2.05) is 54.6 Å². The Morgan fingerprint density at radius 1 is 0.929 bits per heavy atom. The fourth-order valence-corrected chi connectivity index (χ4v) is 2.31. The summed E-state index contributed by atoms with van der Waals surface area (Å²) in [6, 6.07) is 22.8. The zero-order chi connectivity index (χ0) is 19.6. The molecule has 0 heterocycles. The van der Waals surface area contributed by atoms with Gasteiger partial charge in [0.2, 0.25) is 0 Å². The first-order chi connectivity index (χ1) is 13.7. The van der Waals surface area contributed by atoms with E-state index in [9.17, 15) is 9.18 Å². The largest absolute Gasteiger partial charge is 0.489 e. The maximum absolute atomic E-state index is 13.0. The molecular weight excluding hydrogens is 359 g/mol. The van der Waals surface area contributed by atoms with Gasteiger partial charge in [-0.15, -0.1) is 0 Å². The molecule has 5 nitrogen and oxygen atoms in total. The number of halogens is 1. The molecule has 0 bridgehead atoms. The highest BCUT2D eigenvalue weighted by Crippen LogP contribution is 2.13. The van der Waals surface area contributed by atoms with E-state index in [1.54, 1.807) is 6.07 Å². The van der Waals surface area contributed by atoms with Crippen LogP contribution < -0.4 is 14.9 Å². The van der Waals surface area contributed by atoms with Crippen LogP contribution in [0, 0.1) is 5.82 Å². The quantitative estimate of drug-likeness (QED) is 0.477. The number of rotatable bonds is 8. The molecule has 0 saturated heterocycles. The van der Waals surface area contributed by atoms with Crippen LogP contribution in [0.5, 0.6) is 11.5 Å². The molecule has 3 rings (SSSR count). The number of nitrogens with one attached hydrogen (secondary N) is 1. The van der Waals surface area contributed by atoms with E-state index in [1.165, 1.54) is 24.4 Å². The number of benzene rings is 3. The highest BCUT2D eigenvalue weighted by Gasteiger charge is 2.02. The van der Waals surface area contributed by atoms with E-state index >= 15 is 0 Å². The van der Waals surface area contributed by atoms with Crippen LogP contribution in [-0.4, -0.2) is 18.7 Å². The number of ether oxygens (including phenoxy) is 2. The molecule has 142 valence electrons. The van der Waals surface area contributed by atoms with E-state index in [4.69, 9.17) is 9.47 Å². The van der Waals surface area contributed by atoms with Gasteiger partial charge >= 0.3 is 0 Å². The Morgan fingerprint density at radius 2 is 1.71 bits per heavy atom. The van der Waals surface area contributed by atoms with Gasteiger partial charge in [0.05, 0.1) is 6.21 Å². The van der Waals surface area contributed by atoms with Crippen molar-refractivity contribution in [3.63, 3.8) is 0 Å². The average molecular weight is 378 g/mol. The van der Waals surface area contributed by atoms with Crippen molar-refractivity contribution < 1.29 is 18.7 Å². The summed E-state index contributed by atoms with van der Waals surface area (Å²) in [6.07, 6.45) is 1.51. The summed E-state index contributed by atoms with van der Waals surface area (Å²) in [5.41, 5.74) is 4.26. The number of carbonyl (C=O) groups excluding carboxylic acids is 1. The van der Waals surface area contributed by atoms with Crippen molar-refractivity contribution in [3.05, 3.63) is 95.8 Å². The van der Waals surface area contributed by atoms with Gasteiger partial charge in [-0.3, -0.25) is 4.79 Å². The van der Waals surface area contributed by atoms with Crippen LogP contribution in [0.25, 0.3) is 0 Å². The Morgan fingerprint density at radius 3 is 2.46 bits per heavy atom. The normalized spacial score (nSPS) is 10.6. The van der Waals surface area contributed by atoms with Crippen molar-refractivity contribution in [2.75, 3.05) is 6.61 Å². The lowest BCUT2D eigenvalue weighted by molar-refractivity contribution is -0.123. The molecule has 28 heavy (non-hydrogen) atoms. The van der Waals surface area contributed by atoms with Crippen molar-refractivity contribution >= 4 is 12.1 Å². The van der Waals surface area contributed by atoms with Crippen LogP contribution in [0.4, 0.5) is 4.39 Å². The second kappa shape index (κ2) is 9.87. The zero-order valence-electron chi connectivity index (χ0n) is 15.0. The minimum atomic E-state index is -0.441. The van der Waals surface area contributed by atoms with Gasteiger partial charge in [-0.2, -0.15) is 5.10 Å². The molecular formula is C22H19FN2O3. The molecule has 0 aliphatic rings. The molecule has 0 spiro atoms. The average Bonchev–Trinajstić information content (AvgIpc) is 2.72. The summed E-state index contributed by atoms with van der Waals surface area (Å²) in [4.78, 5) is 11.7. The highest BCUT2D eigenvalue weighted by molar-refractivity contribution is 5.83. The molecule has 0 fully saturated rings. The third-order valence-electron chi connectivity index (χ3n) is 3.70. The number of amides is 1. The van der Waals surface area contributed by atoms with Gasteiger partial charge in [-0.25, -0.2) is 9.82 Å². The number of hydrogen-bond acceptors (Lipinski definition) is 4. The highest BCUT2D eigenvalue weighted by atomic mass is 19.1. The summed E-state index contributed by atoms with van der Waals surface area (Å²) in [6.45, 7) is 0.239. The van der Waals surface area contributed by atoms with Crippen LogP contribution in [-0.2, 0) is 11.4 Å². The molecule has 0 aliphatic carbocycles. The van der Waals surface area contributed by atoms with Crippen LogP contribution in [0.3, 0.4) is 0 Å². The minimum absolute atomic E-state index is 0.257. The molecule has 6 heteroatoms. The monoisotopic (exact) mass is 378 g/mol. The van der Waals surface area contributed by atoms with Crippen molar-refractivity contribution in [1.82, 2.24) is 5.43 Å². The smallest absolute Gasteiger partial charge is 0.277 e. The fraction of sp³-hybridized carbons (Fsp3) is 0.0909. The third kappa shape index (κ3) is 6.25. The molecule has 0 aliphatic heterocycles. The van der Waals surface area contributed by atoms with Crippen LogP contribution in [0.15, 0.2) is 84.0 Å². The molecule has 1 amide bonds. The second-order valence-corrected chi connectivity index (χ2v) is 5.88. The van der Waals surface area contributed by atoms with Crippen molar-refractivity contribution in [3.8, 4) is 11.5 Å². The Labute approximate surface area is 162 Å². The fourth-order valence-electron chi connectivity index (χ4n) is 2.31. The number of hydrogen-bond donors (Lipinski definition) is 1. The minimum Gasteiger partial charge on any atom is -0.489 e. The lowest BCUT2D eigenvalue weighted by atomic mass is 10.2. The molecule has 3 aromatic carbocycles. The summed E-state index contributed by atoms with van der Waals surface area (Å²) in [5, 5.41) is 3.88. The standard InChI is InChI=1S/C22H19FN2O3/c23-19-7-4-8-21(13-19)28-16-22(26)25-24-14-17-9-11-20(12-10-17)27-15-18-5-2-1-3-6-18/h1-14H,15-16H2,(H,25,26)/b24-14-. The second-order valence-electron chi connectivity index (χ2n) is 5.88. The summed E-state index contributed by atoms with van der Waals surface area (Å²) < 4.78 is 23.9. The number of hydrazone groups is 1. The number of carbonyl (C=O) groups is 1. The lowest BCUT2D eigenvalue weighted by Gasteiger charge is -2.06. The summed E-state index contributed by atoms with van der Waals surface area (Å²) >= 11 is 0. The SMILES string of the molecule is O=C(COc1cccc(F)c1)N/N=C\c1ccc(OCc2ccccc2)cc1. The lowest BCUT2D eigenvalue weighted by Crippen LogP contribution is -2.24. The molecule has 0 aromatic heterocycles. The molecule has 0 radical (unpaired) electrons.